The summed E-state index contributed by atoms with van der Waals surface area (Å²) in [5.41, 5.74) is 3.39. The van der Waals surface area contributed by atoms with Gasteiger partial charge in [0.2, 0.25) is 0 Å². The molecule has 2 aliphatic rings. The number of fused-ring (bicyclic) bond motifs is 2. The van der Waals surface area contributed by atoms with Gasteiger partial charge in [-0.05, 0) is 43.7 Å². The fourth-order valence-electron chi connectivity index (χ4n) is 3.90. The highest BCUT2D eigenvalue weighted by molar-refractivity contribution is 8.17. The van der Waals surface area contributed by atoms with Crippen LogP contribution >= 0.6 is 11.8 Å². The average Bonchev–Trinajstić information content (AvgIpc) is 3.31. The molecule has 3 heterocycles. The van der Waals surface area contributed by atoms with Crippen molar-refractivity contribution in [3.05, 3.63) is 82.5 Å². The van der Waals surface area contributed by atoms with Gasteiger partial charge in [0.1, 0.15) is 18.2 Å². The molecule has 2 aromatic carbocycles. The van der Waals surface area contributed by atoms with E-state index >= 15 is 0 Å². The highest BCUT2D eigenvalue weighted by Crippen LogP contribution is 2.33. The summed E-state index contributed by atoms with van der Waals surface area (Å²) < 4.78 is 8.06. The number of ether oxygens (including phenoxy) is 1. The third-order valence-corrected chi connectivity index (χ3v) is 6.30. The monoisotopic (exact) mass is 442 g/mol. The summed E-state index contributed by atoms with van der Waals surface area (Å²) in [4.78, 5) is 19.5. The Balaban J connectivity index is 1.44. The lowest BCUT2D eigenvalue weighted by Crippen LogP contribution is -2.35. The van der Waals surface area contributed by atoms with E-state index in [1.54, 1.807) is 11.0 Å². The number of aromatic nitrogens is 1. The number of carbonyl (C=O) groups is 1. The van der Waals surface area contributed by atoms with Gasteiger partial charge in [-0.1, -0.05) is 42.1 Å². The second kappa shape index (κ2) is 8.16. The highest BCUT2D eigenvalue weighted by atomic mass is 32.2. The minimum absolute atomic E-state index is 0.156. The summed E-state index contributed by atoms with van der Waals surface area (Å²) in [7, 11) is 0. The van der Waals surface area contributed by atoms with Gasteiger partial charge in [-0.2, -0.15) is 4.99 Å². The van der Waals surface area contributed by atoms with Crippen LogP contribution in [0.3, 0.4) is 0 Å². The number of carbonyl (C=O) groups excluding carboxylic acids is 1. The first kappa shape index (κ1) is 20.3. The standard InChI is InChI=1S/C25H22N4O2S/c1-16-6-5-7-19(12-16)31-11-10-28-15-18(20-8-3-4-9-22(20)28)13-21-23(26)29-14-17(2)32-25(29)27-24(21)30/h3-9,12-15,26H,10-11H2,1-2H3. The third kappa shape index (κ3) is 3.76. The van der Waals surface area contributed by atoms with E-state index in [1.807, 2.05) is 68.7 Å². The van der Waals surface area contributed by atoms with Crippen LogP contribution in [0.25, 0.3) is 17.0 Å². The van der Waals surface area contributed by atoms with Crippen molar-refractivity contribution in [2.24, 2.45) is 4.99 Å². The van der Waals surface area contributed by atoms with Crippen LogP contribution in [0.2, 0.25) is 0 Å². The first-order valence-corrected chi connectivity index (χ1v) is 11.2. The molecule has 0 bridgehead atoms. The topological polar surface area (TPSA) is 70.7 Å². The number of rotatable bonds is 5. The van der Waals surface area contributed by atoms with Crippen molar-refractivity contribution in [1.82, 2.24) is 9.47 Å². The summed E-state index contributed by atoms with van der Waals surface area (Å²) in [6, 6.07) is 16.1. The fraction of sp³-hybridized carbons (Fsp3) is 0.160. The van der Waals surface area contributed by atoms with Gasteiger partial charge in [-0.15, -0.1) is 0 Å². The molecule has 32 heavy (non-hydrogen) atoms. The molecule has 2 aliphatic heterocycles. The second-order valence-electron chi connectivity index (χ2n) is 7.78. The summed E-state index contributed by atoms with van der Waals surface area (Å²) >= 11 is 1.41. The van der Waals surface area contributed by atoms with Crippen LogP contribution in [-0.2, 0) is 11.3 Å². The van der Waals surface area contributed by atoms with Crippen LogP contribution in [-0.4, -0.2) is 33.0 Å². The molecule has 0 saturated carbocycles. The number of amidine groups is 2. The van der Waals surface area contributed by atoms with Gasteiger partial charge in [-0.3, -0.25) is 15.1 Å². The van der Waals surface area contributed by atoms with Gasteiger partial charge in [-0.25, -0.2) is 0 Å². The number of aliphatic imine (C=N–C) groups is 1. The quantitative estimate of drug-likeness (QED) is 0.552. The molecule has 5 rings (SSSR count). The lowest BCUT2D eigenvalue weighted by atomic mass is 10.1. The Kier molecular flexibility index (Phi) is 5.19. The smallest absolute Gasteiger partial charge is 0.283 e. The number of hydrogen-bond acceptors (Lipinski definition) is 4. The molecule has 1 aromatic heterocycles. The maximum atomic E-state index is 12.7. The van der Waals surface area contributed by atoms with E-state index in [-0.39, 0.29) is 11.7 Å². The Morgan fingerprint density at radius 1 is 1.16 bits per heavy atom. The van der Waals surface area contributed by atoms with Crippen LogP contribution in [0.15, 0.2) is 76.4 Å². The second-order valence-corrected chi connectivity index (χ2v) is 8.99. The lowest BCUT2D eigenvalue weighted by Gasteiger charge is -2.22. The third-order valence-electron chi connectivity index (χ3n) is 5.40. The van der Waals surface area contributed by atoms with Crippen LogP contribution < -0.4 is 4.74 Å². The van der Waals surface area contributed by atoms with Crippen LogP contribution in [0.4, 0.5) is 0 Å². The Hall–Kier alpha value is -3.58. The van der Waals surface area contributed by atoms with Crippen molar-refractivity contribution in [2.45, 2.75) is 20.4 Å². The zero-order valence-electron chi connectivity index (χ0n) is 17.8. The molecule has 0 spiro atoms. The van der Waals surface area contributed by atoms with Gasteiger partial charge in [0.15, 0.2) is 5.17 Å². The zero-order chi connectivity index (χ0) is 22.2. The molecular formula is C25H22N4O2S. The summed E-state index contributed by atoms with van der Waals surface area (Å²) in [5.74, 6) is 0.631. The summed E-state index contributed by atoms with van der Waals surface area (Å²) in [5, 5.41) is 10.1. The number of benzene rings is 2. The predicted octanol–water partition coefficient (Wildman–Crippen LogP) is 5.20. The van der Waals surface area contributed by atoms with E-state index in [9.17, 15) is 4.79 Å². The molecule has 160 valence electrons. The number of amides is 1. The van der Waals surface area contributed by atoms with Crippen LogP contribution in [0.5, 0.6) is 5.75 Å². The minimum Gasteiger partial charge on any atom is -0.492 e. The van der Waals surface area contributed by atoms with Crippen molar-refractivity contribution in [3.8, 4) is 5.75 Å². The van der Waals surface area contributed by atoms with E-state index in [2.05, 4.69) is 15.6 Å². The molecule has 0 fully saturated rings. The number of hydrogen-bond donors (Lipinski definition) is 1. The molecule has 1 amide bonds. The zero-order valence-corrected chi connectivity index (χ0v) is 18.6. The normalized spacial score (nSPS) is 17.1. The van der Waals surface area contributed by atoms with Gasteiger partial charge < -0.3 is 9.30 Å². The number of aryl methyl sites for hydroxylation is 1. The Morgan fingerprint density at radius 3 is 2.84 bits per heavy atom. The van der Waals surface area contributed by atoms with Crippen molar-refractivity contribution >= 4 is 45.7 Å². The molecule has 0 atom stereocenters. The number of allylic oxidation sites excluding steroid dienone is 1. The molecule has 3 aromatic rings. The van der Waals surface area contributed by atoms with E-state index in [0.29, 0.717) is 23.9 Å². The molecule has 6 nitrogen and oxygen atoms in total. The molecule has 0 aliphatic carbocycles. The van der Waals surface area contributed by atoms with Crippen molar-refractivity contribution in [1.29, 1.82) is 5.41 Å². The first-order valence-electron chi connectivity index (χ1n) is 10.4. The molecular weight excluding hydrogens is 420 g/mol. The van der Waals surface area contributed by atoms with Crippen LogP contribution in [0.1, 0.15) is 18.1 Å². The van der Waals surface area contributed by atoms with Crippen molar-refractivity contribution in [2.75, 3.05) is 6.61 Å². The van der Waals surface area contributed by atoms with E-state index in [1.165, 1.54) is 11.8 Å². The van der Waals surface area contributed by atoms with Gasteiger partial charge >= 0.3 is 0 Å². The van der Waals surface area contributed by atoms with Gasteiger partial charge in [0, 0.05) is 33.8 Å². The van der Waals surface area contributed by atoms with E-state index < -0.39 is 0 Å². The molecule has 7 heteroatoms. The predicted molar refractivity (Wildman–Crippen MR) is 130 cm³/mol. The maximum Gasteiger partial charge on any atom is 0.283 e. The van der Waals surface area contributed by atoms with E-state index in [4.69, 9.17) is 10.1 Å². The highest BCUT2D eigenvalue weighted by Gasteiger charge is 2.33. The van der Waals surface area contributed by atoms with Gasteiger partial charge in [0.05, 0.1) is 12.1 Å². The minimum atomic E-state index is -0.378. The average molecular weight is 443 g/mol. The first-order chi connectivity index (χ1) is 15.5. The largest absolute Gasteiger partial charge is 0.492 e. The number of nitrogens with one attached hydrogen (secondary N) is 1. The molecule has 1 N–H and O–H groups in total. The van der Waals surface area contributed by atoms with E-state index in [0.717, 1.165) is 32.7 Å². The van der Waals surface area contributed by atoms with Gasteiger partial charge in [0.25, 0.3) is 5.91 Å². The number of para-hydroxylation sites is 1. The summed E-state index contributed by atoms with van der Waals surface area (Å²) in [6.45, 7) is 5.17. The number of thioether (sulfide) groups is 1. The molecule has 0 unspecified atom stereocenters. The fourth-order valence-corrected chi connectivity index (χ4v) is 4.72. The Morgan fingerprint density at radius 2 is 2.00 bits per heavy atom. The SMILES string of the molecule is CC1=CN2C(=N)C(=Cc3cn(CCOc4cccc(C)c4)c4ccccc34)C(=O)N=C2S1. The number of nitrogens with zero attached hydrogens (tertiary/aromatic N) is 3. The molecule has 0 saturated heterocycles. The lowest BCUT2D eigenvalue weighted by molar-refractivity contribution is -0.114. The molecule has 0 radical (unpaired) electrons. The Labute approximate surface area is 190 Å². The van der Waals surface area contributed by atoms with Crippen molar-refractivity contribution in [3.63, 3.8) is 0 Å². The Bertz CT molecular complexity index is 1350. The van der Waals surface area contributed by atoms with Crippen LogP contribution in [0, 0.1) is 12.3 Å². The van der Waals surface area contributed by atoms with Crippen molar-refractivity contribution < 1.29 is 9.53 Å². The summed E-state index contributed by atoms with van der Waals surface area (Å²) in [6.07, 6.45) is 5.63. The maximum absolute atomic E-state index is 12.7.